The van der Waals surface area contributed by atoms with Gasteiger partial charge in [0.2, 0.25) is 11.4 Å². The first-order chi connectivity index (χ1) is 11.7. The van der Waals surface area contributed by atoms with Crippen LogP contribution in [-0.4, -0.2) is 18.6 Å². The van der Waals surface area contributed by atoms with Gasteiger partial charge in [0.15, 0.2) is 0 Å². The van der Waals surface area contributed by atoms with E-state index in [1.807, 2.05) is 0 Å². The van der Waals surface area contributed by atoms with Gasteiger partial charge in [-0.15, -0.1) is 0 Å². The molecule has 1 aromatic rings. The van der Waals surface area contributed by atoms with Crippen molar-refractivity contribution in [2.45, 2.75) is 25.6 Å². The summed E-state index contributed by atoms with van der Waals surface area (Å²) in [7, 11) is 0. The maximum absolute atomic E-state index is 14.3. The zero-order valence-corrected chi connectivity index (χ0v) is 13.5. The van der Waals surface area contributed by atoms with E-state index in [9.17, 15) is 22.8 Å². The van der Waals surface area contributed by atoms with Crippen molar-refractivity contribution < 1.29 is 27.4 Å². The molecule has 134 valence electrons. The number of aliphatic imine (C=N–C) groups is 1. The van der Waals surface area contributed by atoms with Gasteiger partial charge < -0.3 is 9.94 Å². The van der Waals surface area contributed by atoms with Gasteiger partial charge in [0.25, 0.3) is 0 Å². The van der Waals surface area contributed by atoms with Crippen LogP contribution in [0, 0.1) is 16.9 Å². The molecule has 0 spiro atoms. The fraction of sp³-hybridized carbons (Fsp3) is 0.353. The zero-order chi connectivity index (χ0) is 18.4. The van der Waals surface area contributed by atoms with Gasteiger partial charge in [0, 0.05) is 5.56 Å². The van der Waals surface area contributed by atoms with Crippen molar-refractivity contribution in [1.29, 1.82) is 0 Å². The lowest BCUT2D eigenvalue weighted by molar-refractivity contribution is -0.684. The van der Waals surface area contributed by atoms with Gasteiger partial charge in [-0.1, -0.05) is 13.8 Å². The number of hydrogen-bond acceptors (Lipinski definition) is 3. The Morgan fingerprint density at radius 2 is 2.04 bits per heavy atom. The average Bonchev–Trinajstić information content (AvgIpc) is 2.51. The number of hydrogen-bond donors (Lipinski definition) is 1. The molecule has 0 aromatic heterocycles. The van der Waals surface area contributed by atoms with Crippen LogP contribution in [0.4, 0.5) is 23.2 Å². The molecule has 25 heavy (non-hydrogen) atoms. The summed E-state index contributed by atoms with van der Waals surface area (Å²) in [4.78, 5) is 4.03. The van der Waals surface area contributed by atoms with Gasteiger partial charge in [0.1, 0.15) is 12.0 Å². The van der Waals surface area contributed by atoms with E-state index in [0.29, 0.717) is 0 Å². The van der Waals surface area contributed by atoms with Crippen molar-refractivity contribution in [1.82, 2.24) is 0 Å². The number of alkyl halides is 3. The first-order valence-electron chi connectivity index (χ1n) is 7.70. The highest BCUT2D eigenvalue weighted by Crippen LogP contribution is 2.53. The molecular weight excluding hydrogens is 340 g/mol. The molecule has 0 saturated carbocycles. The quantitative estimate of drug-likeness (QED) is 0.668. The summed E-state index contributed by atoms with van der Waals surface area (Å²) in [6.45, 7) is 3.18. The number of amidine groups is 1. The molecule has 0 fully saturated rings. The Bertz CT molecular complexity index is 783. The maximum atomic E-state index is 14.3. The summed E-state index contributed by atoms with van der Waals surface area (Å²) in [5.41, 5.74) is -3.92. The van der Waals surface area contributed by atoms with Crippen LogP contribution in [0.3, 0.4) is 0 Å². The van der Waals surface area contributed by atoms with Crippen LogP contribution in [0.15, 0.2) is 47.1 Å². The van der Waals surface area contributed by atoms with E-state index in [4.69, 9.17) is 4.74 Å². The monoisotopic (exact) mass is 356 g/mol. The minimum absolute atomic E-state index is 0.127. The summed E-state index contributed by atoms with van der Waals surface area (Å²) >= 11 is 0. The van der Waals surface area contributed by atoms with Gasteiger partial charge in [-0.3, -0.25) is 5.06 Å². The van der Waals surface area contributed by atoms with E-state index < -0.39 is 33.8 Å². The van der Waals surface area contributed by atoms with Crippen molar-refractivity contribution in [3.8, 4) is 0 Å². The molecule has 0 amide bonds. The van der Waals surface area contributed by atoms with Gasteiger partial charge >= 0.3 is 6.18 Å². The van der Waals surface area contributed by atoms with Crippen molar-refractivity contribution in [2.24, 2.45) is 10.9 Å². The Morgan fingerprint density at radius 1 is 1.32 bits per heavy atom. The van der Waals surface area contributed by atoms with Crippen molar-refractivity contribution in [2.75, 3.05) is 6.61 Å². The fourth-order valence-corrected chi connectivity index (χ4v) is 2.91. The molecule has 2 aliphatic heterocycles. The third-order valence-electron chi connectivity index (χ3n) is 3.98. The summed E-state index contributed by atoms with van der Waals surface area (Å²) in [6, 6.07) is 2.90. The lowest BCUT2D eigenvalue weighted by Crippen LogP contribution is -3.06. The molecule has 0 saturated heterocycles. The minimum atomic E-state index is -4.91. The van der Waals surface area contributed by atoms with Crippen LogP contribution in [0.25, 0.3) is 0 Å². The Hall–Kier alpha value is -2.03. The van der Waals surface area contributed by atoms with Crippen molar-refractivity contribution >= 4 is 11.5 Å². The molecule has 2 aliphatic rings. The number of hydroxylamine groups is 2. The summed E-state index contributed by atoms with van der Waals surface area (Å²) in [5.74, 6) is -1.37. The van der Waals surface area contributed by atoms with E-state index in [1.165, 1.54) is 6.08 Å². The summed E-state index contributed by atoms with van der Waals surface area (Å²) in [5, 5.41) is 11.5. The van der Waals surface area contributed by atoms with Crippen LogP contribution >= 0.6 is 0 Å². The summed E-state index contributed by atoms with van der Waals surface area (Å²) in [6.07, 6.45) is -1.40. The molecular formula is C17H16F4N2O2. The van der Waals surface area contributed by atoms with Crippen LogP contribution in [0.5, 0.6) is 0 Å². The third kappa shape index (κ3) is 2.80. The minimum Gasteiger partial charge on any atom is -0.623 e. The molecule has 8 heteroatoms. The fourth-order valence-electron chi connectivity index (χ4n) is 2.91. The number of nitrogens with zero attached hydrogens (tertiary/aromatic N) is 1. The number of halogens is 4. The van der Waals surface area contributed by atoms with E-state index in [2.05, 4.69) is 4.99 Å². The first-order valence-corrected chi connectivity index (χ1v) is 7.70. The highest BCUT2D eigenvalue weighted by Gasteiger charge is 2.64. The van der Waals surface area contributed by atoms with Crippen LogP contribution in [0.1, 0.15) is 19.4 Å². The molecule has 2 atom stereocenters. The predicted molar refractivity (Wildman–Crippen MR) is 83.6 cm³/mol. The molecule has 3 rings (SSSR count). The number of quaternary nitrogens is 1. The number of benzene rings is 1. The second kappa shape index (κ2) is 6.05. The highest BCUT2D eigenvalue weighted by molar-refractivity contribution is 6.00. The smallest absolute Gasteiger partial charge is 0.426 e. The average molecular weight is 356 g/mol. The number of fused-ring (bicyclic) bond motifs is 2. The molecule has 2 unspecified atom stereocenters. The maximum Gasteiger partial charge on any atom is 0.426 e. The normalized spacial score (nSPS) is 25.4. The third-order valence-corrected chi connectivity index (χ3v) is 3.98. The second-order valence-corrected chi connectivity index (χ2v) is 6.31. The Labute approximate surface area is 141 Å². The van der Waals surface area contributed by atoms with Crippen LogP contribution in [-0.2, 0) is 10.3 Å². The molecule has 1 aromatic carbocycles. The van der Waals surface area contributed by atoms with Crippen molar-refractivity contribution in [3.05, 3.63) is 58.7 Å². The topological polar surface area (TPSA) is 49.1 Å². The van der Waals surface area contributed by atoms with E-state index >= 15 is 0 Å². The first kappa shape index (κ1) is 17.8. The standard InChI is InChI=1S/C17H16F4N2O2/c1-10(2)9-25-16(17(19,20)21)12-4-3-7-23(24)15(12)22-14-6-5-11(18)8-13(14)16/h3-8,10,23H,9H2,1-2H3. The molecule has 0 aliphatic carbocycles. The zero-order valence-electron chi connectivity index (χ0n) is 13.5. The second-order valence-electron chi connectivity index (χ2n) is 6.31. The predicted octanol–water partition coefficient (Wildman–Crippen LogP) is 3.14. The van der Waals surface area contributed by atoms with E-state index in [1.54, 1.807) is 13.8 Å². The van der Waals surface area contributed by atoms with Gasteiger partial charge in [-0.05, 0) is 36.3 Å². The number of nitrogens with one attached hydrogen (secondary N) is 1. The molecule has 1 N–H and O–H groups in total. The lowest BCUT2D eigenvalue weighted by atomic mass is 9.80. The van der Waals surface area contributed by atoms with E-state index in [0.717, 1.165) is 30.5 Å². The number of ether oxygens (including phenoxy) is 1. The van der Waals surface area contributed by atoms with Crippen LogP contribution in [0.2, 0.25) is 0 Å². The highest BCUT2D eigenvalue weighted by atomic mass is 19.4. The van der Waals surface area contributed by atoms with Crippen LogP contribution < -0.4 is 5.06 Å². The van der Waals surface area contributed by atoms with Gasteiger partial charge in [0.05, 0.1) is 17.9 Å². The van der Waals surface area contributed by atoms with Gasteiger partial charge in [-0.25, -0.2) is 4.39 Å². The van der Waals surface area contributed by atoms with Gasteiger partial charge in [-0.2, -0.15) is 18.2 Å². The number of allylic oxidation sites excluding steroid dienone is 2. The Morgan fingerprint density at radius 3 is 2.68 bits per heavy atom. The lowest BCUT2D eigenvalue weighted by Gasteiger charge is -2.42. The number of rotatable bonds is 3. The largest absolute Gasteiger partial charge is 0.623 e. The summed E-state index contributed by atoms with van der Waals surface area (Å²) < 4.78 is 62.0. The SMILES string of the molecule is CC(C)COC1(C(F)(F)F)C2=CC=C[NH+]([O-])C2=Nc2ccc(F)cc21. The molecule has 2 heterocycles. The van der Waals surface area contributed by atoms with E-state index in [-0.39, 0.29) is 24.0 Å². The molecule has 0 bridgehead atoms. The Kier molecular flexibility index (Phi) is 4.30. The Balaban J connectivity index is 2.32. The van der Waals surface area contributed by atoms with Crippen molar-refractivity contribution in [3.63, 3.8) is 0 Å². The molecule has 0 radical (unpaired) electrons. The molecule has 4 nitrogen and oxygen atoms in total.